The van der Waals surface area contributed by atoms with Crippen molar-refractivity contribution in [3.05, 3.63) is 42.0 Å². The molecule has 1 atom stereocenters. The van der Waals surface area contributed by atoms with E-state index in [-0.39, 0.29) is 11.8 Å². The lowest BCUT2D eigenvalue weighted by molar-refractivity contribution is -0.122. The standard InChI is InChI=1S/C17H22N2O2/c1-3-19-10-15-14-7-5-4-6-13(14)8-9-16(15)21-11-12(2)17(18)20/h4-9,12,19H,3,10-11H2,1-2H3,(H2,18,20). The van der Waals surface area contributed by atoms with Gasteiger partial charge in [0.1, 0.15) is 5.75 Å². The number of ether oxygens (including phenoxy) is 1. The van der Waals surface area contributed by atoms with E-state index in [4.69, 9.17) is 10.5 Å². The largest absolute Gasteiger partial charge is 0.492 e. The number of primary amides is 1. The number of benzene rings is 2. The van der Waals surface area contributed by atoms with E-state index < -0.39 is 0 Å². The summed E-state index contributed by atoms with van der Waals surface area (Å²) in [6.07, 6.45) is 0. The summed E-state index contributed by atoms with van der Waals surface area (Å²) in [5, 5.41) is 5.69. The van der Waals surface area contributed by atoms with Crippen molar-refractivity contribution in [3.63, 3.8) is 0 Å². The summed E-state index contributed by atoms with van der Waals surface area (Å²) < 4.78 is 5.82. The summed E-state index contributed by atoms with van der Waals surface area (Å²) in [4.78, 5) is 11.1. The SMILES string of the molecule is CCNCc1c(OCC(C)C(N)=O)ccc2ccccc12. The molecule has 0 aliphatic rings. The first-order chi connectivity index (χ1) is 10.1. The third-order valence-corrected chi connectivity index (χ3v) is 3.52. The number of hydrogen-bond donors (Lipinski definition) is 2. The number of rotatable bonds is 7. The quantitative estimate of drug-likeness (QED) is 0.821. The van der Waals surface area contributed by atoms with Crippen molar-refractivity contribution in [1.29, 1.82) is 0 Å². The van der Waals surface area contributed by atoms with Gasteiger partial charge in [0.2, 0.25) is 5.91 Å². The van der Waals surface area contributed by atoms with Gasteiger partial charge in [-0.05, 0) is 23.4 Å². The minimum atomic E-state index is -0.343. The lowest BCUT2D eigenvalue weighted by Gasteiger charge is -2.16. The highest BCUT2D eigenvalue weighted by Crippen LogP contribution is 2.28. The highest BCUT2D eigenvalue weighted by Gasteiger charge is 2.13. The second-order valence-electron chi connectivity index (χ2n) is 5.16. The van der Waals surface area contributed by atoms with Crippen LogP contribution >= 0.6 is 0 Å². The number of carbonyl (C=O) groups excluding carboxylic acids is 1. The zero-order chi connectivity index (χ0) is 15.2. The van der Waals surface area contributed by atoms with Crippen LogP contribution in [0.15, 0.2) is 36.4 Å². The minimum Gasteiger partial charge on any atom is -0.492 e. The zero-order valence-electron chi connectivity index (χ0n) is 12.6. The Labute approximate surface area is 125 Å². The summed E-state index contributed by atoms with van der Waals surface area (Å²) in [6.45, 7) is 5.76. The number of fused-ring (bicyclic) bond motifs is 1. The van der Waals surface area contributed by atoms with Crippen LogP contribution in [0.2, 0.25) is 0 Å². The highest BCUT2D eigenvalue weighted by molar-refractivity contribution is 5.87. The summed E-state index contributed by atoms with van der Waals surface area (Å²) in [7, 11) is 0. The molecule has 112 valence electrons. The van der Waals surface area contributed by atoms with Gasteiger partial charge in [0.15, 0.2) is 0 Å². The van der Waals surface area contributed by atoms with E-state index in [2.05, 4.69) is 24.4 Å². The van der Waals surface area contributed by atoms with Gasteiger partial charge >= 0.3 is 0 Å². The molecule has 2 aromatic carbocycles. The number of nitrogens with one attached hydrogen (secondary N) is 1. The molecule has 0 aromatic heterocycles. The second-order valence-corrected chi connectivity index (χ2v) is 5.16. The predicted octanol–water partition coefficient (Wildman–Crippen LogP) is 2.45. The van der Waals surface area contributed by atoms with Crippen LogP contribution in [0.1, 0.15) is 19.4 Å². The van der Waals surface area contributed by atoms with Crippen molar-refractivity contribution in [1.82, 2.24) is 5.32 Å². The maximum Gasteiger partial charge on any atom is 0.223 e. The molecule has 21 heavy (non-hydrogen) atoms. The van der Waals surface area contributed by atoms with Gasteiger partial charge in [-0.15, -0.1) is 0 Å². The smallest absolute Gasteiger partial charge is 0.223 e. The molecule has 0 radical (unpaired) electrons. The Morgan fingerprint density at radius 1 is 1.29 bits per heavy atom. The first-order valence-corrected chi connectivity index (χ1v) is 7.27. The van der Waals surface area contributed by atoms with Crippen molar-refractivity contribution in [2.24, 2.45) is 11.7 Å². The number of hydrogen-bond acceptors (Lipinski definition) is 3. The van der Waals surface area contributed by atoms with Crippen LogP contribution in [0.3, 0.4) is 0 Å². The molecule has 0 heterocycles. The van der Waals surface area contributed by atoms with E-state index in [0.29, 0.717) is 6.61 Å². The van der Waals surface area contributed by atoms with Gasteiger partial charge in [0.05, 0.1) is 12.5 Å². The van der Waals surface area contributed by atoms with Crippen LogP contribution in [0.4, 0.5) is 0 Å². The van der Waals surface area contributed by atoms with Crippen molar-refractivity contribution in [3.8, 4) is 5.75 Å². The van der Waals surface area contributed by atoms with E-state index >= 15 is 0 Å². The molecular weight excluding hydrogens is 264 g/mol. The molecule has 1 unspecified atom stereocenters. The summed E-state index contributed by atoms with van der Waals surface area (Å²) in [6, 6.07) is 12.2. The Hall–Kier alpha value is -2.07. The van der Waals surface area contributed by atoms with E-state index in [9.17, 15) is 4.79 Å². The molecule has 2 rings (SSSR count). The van der Waals surface area contributed by atoms with Gasteiger partial charge in [0.25, 0.3) is 0 Å². The second kappa shape index (κ2) is 7.09. The molecule has 0 saturated carbocycles. The number of carbonyl (C=O) groups is 1. The minimum absolute atomic E-state index is 0.298. The number of amides is 1. The van der Waals surface area contributed by atoms with Crippen LogP contribution in [0.25, 0.3) is 10.8 Å². The fraction of sp³-hybridized carbons (Fsp3) is 0.353. The van der Waals surface area contributed by atoms with Gasteiger partial charge < -0.3 is 15.8 Å². The van der Waals surface area contributed by atoms with Crippen LogP contribution in [-0.2, 0) is 11.3 Å². The third-order valence-electron chi connectivity index (χ3n) is 3.52. The Kier molecular flexibility index (Phi) is 5.17. The van der Waals surface area contributed by atoms with Crippen molar-refractivity contribution in [2.75, 3.05) is 13.2 Å². The summed E-state index contributed by atoms with van der Waals surface area (Å²) in [5.74, 6) is 0.162. The first kappa shape index (κ1) is 15.3. The van der Waals surface area contributed by atoms with Crippen LogP contribution < -0.4 is 15.8 Å². The molecule has 0 saturated heterocycles. The maximum atomic E-state index is 11.1. The molecule has 0 bridgehead atoms. The van der Waals surface area contributed by atoms with Gasteiger partial charge in [-0.3, -0.25) is 4.79 Å². The fourth-order valence-electron chi connectivity index (χ4n) is 2.18. The molecule has 4 heteroatoms. The van der Waals surface area contributed by atoms with E-state index in [1.165, 1.54) is 10.8 Å². The molecule has 1 amide bonds. The molecule has 0 aliphatic carbocycles. The Morgan fingerprint density at radius 3 is 2.76 bits per heavy atom. The van der Waals surface area contributed by atoms with Gasteiger partial charge in [-0.2, -0.15) is 0 Å². The maximum absolute atomic E-state index is 11.1. The summed E-state index contributed by atoms with van der Waals surface area (Å²) in [5.41, 5.74) is 6.39. The van der Waals surface area contributed by atoms with Crippen molar-refractivity contribution < 1.29 is 9.53 Å². The topological polar surface area (TPSA) is 64.3 Å². The monoisotopic (exact) mass is 286 g/mol. The van der Waals surface area contributed by atoms with E-state index in [1.807, 2.05) is 24.3 Å². The van der Waals surface area contributed by atoms with Gasteiger partial charge in [-0.1, -0.05) is 44.2 Å². The molecule has 0 fully saturated rings. The number of nitrogens with two attached hydrogens (primary N) is 1. The fourth-order valence-corrected chi connectivity index (χ4v) is 2.18. The van der Waals surface area contributed by atoms with E-state index in [1.54, 1.807) is 6.92 Å². The molecular formula is C17H22N2O2. The average Bonchev–Trinajstić information content (AvgIpc) is 2.50. The van der Waals surface area contributed by atoms with Crippen molar-refractivity contribution in [2.45, 2.75) is 20.4 Å². The third kappa shape index (κ3) is 3.73. The van der Waals surface area contributed by atoms with Crippen LogP contribution in [0.5, 0.6) is 5.75 Å². The average molecular weight is 286 g/mol. The van der Waals surface area contributed by atoms with Crippen LogP contribution in [0, 0.1) is 5.92 Å². The van der Waals surface area contributed by atoms with E-state index in [0.717, 1.165) is 24.4 Å². The molecule has 0 spiro atoms. The zero-order valence-corrected chi connectivity index (χ0v) is 12.6. The summed E-state index contributed by atoms with van der Waals surface area (Å²) >= 11 is 0. The molecule has 3 N–H and O–H groups in total. The normalized spacial score (nSPS) is 12.3. The Morgan fingerprint density at radius 2 is 2.05 bits per heavy atom. The highest BCUT2D eigenvalue weighted by atomic mass is 16.5. The van der Waals surface area contributed by atoms with Gasteiger partial charge in [0, 0.05) is 12.1 Å². The van der Waals surface area contributed by atoms with Crippen LogP contribution in [-0.4, -0.2) is 19.1 Å². The lowest BCUT2D eigenvalue weighted by atomic mass is 10.0. The van der Waals surface area contributed by atoms with Gasteiger partial charge in [-0.25, -0.2) is 0 Å². The lowest BCUT2D eigenvalue weighted by Crippen LogP contribution is -2.26. The molecule has 4 nitrogen and oxygen atoms in total. The first-order valence-electron chi connectivity index (χ1n) is 7.27. The molecule has 0 aliphatic heterocycles. The Balaban J connectivity index is 2.30. The Bertz CT molecular complexity index is 625. The van der Waals surface area contributed by atoms with Crippen molar-refractivity contribution >= 4 is 16.7 Å². The predicted molar refractivity (Wildman–Crippen MR) is 85.2 cm³/mol. The molecule has 2 aromatic rings.